The van der Waals surface area contributed by atoms with Crippen LogP contribution < -0.4 is 4.90 Å². The number of hydrogen-bond donors (Lipinski definition) is 0. The van der Waals surface area contributed by atoms with Gasteiger partial charge in [-0.1, -0.05) is 29.0 Å². The van der Waals surface area contributed by atoms with Crippen molar-refractivity contribution in [2.24, 2.45) is 0 Å². The molecule has 2 aromatic heterocycles. The minimum Gasteiger partial charge on any atom is -0.319 e. The highest BCUT2D eigenvalue weighted by Gasteiger charge is 2.24. The monoisotopic (exact) mass is 265 g/mol. The molecule has 88 valence electrons. The Morgan fingerprint density at radius 1 is 1.41 bits per heavy atom. The number of halogens is 1. The van der Waals surface area contributed by atoms with Gasteiger partial charge >= 0.3 is 0 Å². The molecule has 3 nitrogen and oxygen atoms in total. The summed E-state index contributed by atoms with van der Waals surface area (Å²) in [6.45, 7) is 4.33. The number of pyridine rings is 1. The van der Waals surface area contributed by atoms with Gasteiger partial charge in [-0.2, -0.15) is 0 Å². The van der Waals surface area contributed by atoms with Crippen molar-refractivity contribution in [3.63, 3.8) is 0 Å². The molecular weight excluding hydrogens is 254 g/mol. The van der Waals surface area contributed by atoms with Gasteiger partial charge in [-0.3, -0.25) is 0 Å². The Bertz CT molecular complexity index is 605. The minimum absolute atomic E-state index is 0.478. The summed E-state index contributed by atoms with van der Waals surface area (Å²) in [7, 11) is 0. The van der Waals surface area contributed by atoms with Crippen molar-refractivity contribution in [2.75, 3.05) is 4.90 Å². The number of hydrogen-bond acceptors (Lipinski definition) is 4. The third-order valence-corrected chi connectivity index (χ3v) is 4.17. The van der Waals surface area contributed by atoms with Crippen LogP contribution in [-0.4, -0.2) is 16.0 Å². The van der Waals surface area contributed by atoms with Gasteiger partial charge in [0.1, 0.15) is 15.5 Å². The lowest BCUT2D eigenvalue weighted by molar-refractivity contribution is 0.744. The fourth-order valence-electron chi connectivity index (χ4n) is 2.12. The smallest absolute Gasteiger partial charge is 0.192 e. The minimum atomic E-state index is 0.478. The summed E-state index contributed by atoms with van der Waals surface area (Å²) >= 11 is 7.48. The van der Waals surface area contributed by atoms with Gasteiger partial charge < -0.3 is 4.90 Å². The van der Waals surface area contributed by atoms with Crippen molar-refractivity contribution in [1.29, 1.82) is 0 Å². The van der Waals surface area contributed by atoms with Crippen molar-refractivity contribution in [3.8, 4) is 0 Å². The molecule has 5 heteroatoms. The molecule has 0 saturated heterocycles. The summed E-state index contributed by atoms with van der Waals surface area (Å²) in [4.78, 5) is 12.1. The molecule has 0 radical (unpaired) electrons. The molecule has 1 aliphatic heterocycles. The second-order valence-electron chi connectivity index (χ2n) is 4.25. The van der Waals surface area contributed by atoms with Crippen LogP contribution >= 0.6 is 22.9 Å². The molecule has 0 N–H and O–H groups in total. The van der Waals surface area contributed by atoms with Gasteiger partial charge in [-0.05, 0) is 32.4 Å². The lowest BCUT2D eigenvalue weighted by atomic mass is 10.3. The normalized spacial score (nSPS) is 20.1. The molecule has 0 spiro atoms. The lowest BCUT2D eigenvalue weighted by Crippen LogP contribution is -2.25. The van der Waals surface area contributed by atoms with Crippen LogP contribution in [0.4, 0.5) is 5.13 Å². The van der Waals surface area contributed by atoms with Crippen LogP contribution in [0.2, 0.25) is 5.15 Å². The topological polar surface area (TPSA) is 29.0 Å². The standard InChI is InChI=1S/C12H12ClN3S/c1-7-3-4-8(2)16(7)12-14-9-5-6-10(13)15-11(9)17-12/h3,5-6,8H,4H2,1-2H3. The molecule has 3 rings (SSSR count). The third-order valence-electron chi connectivity index (χ3n) is 2.99. The highest BCUT2D eigenvalue weighted by Crippen LogP contribution is 2.34. The summed E-state index contributed by atoms with van der Waals surface area (Å²) < 4.78 is 0. The summed E-state index contributed by atoms with van der Waals surface area (Å²) in [5, 5.41) is 1.53. The Hall–Kier alpha value is -1.13. The van der Waals surface area contributed by atoms with E-state index in [9.17, 15) is 0 Å². The number of allylic oxidation sites excluding steroid dienone is 1. The zero-order valence-electron chi connectivity index (χ0n) is 9.64. The first-order chi connectivity index (χ1) is 8.15. The van der Waals surface area contributed by atoms with Crippen molar-refractivity contribution in [2.45, 2.75) is 26.3 Å². The Morgan fingerprint density at radius 2 is 2.24 bits per heavy atom. The van der Waals surface area contributed by atoms with Gasteiger partial charge in [-0.25, -0.2) is 9.97 Å². The Kier molecular flexibility index (Phi) is 2.56. The van der Waals surface area contributed by atoms with E-state index in [1.807, 2.05) is 6.07 Å². The van der Waals surface area contributed by atoms with Crippen LogP contribution in [0.25, 0.3) is 10.3 Å². The van der Waals surface area contributed by atoms with E-state index >= 15 is 0 Å². The van der Waals surface area contributed by atoms with E-state index in [1.54, 1.807) is 17.4 Å². The number of aromatic nitrogens is 2. The van der Waals surface area contributed by atoms with E-state index < -0.39 is 0 Å². The van der Waals surface area contributed by atoms with Gasteiger partial charge in [0.05, 0.1) is 0 Å². The molecule has 0 aromatic carbocycles. The van der Waals surface area contributed by atoms with Crippen LogP contribution in [0, 0.1) is 0 Å². The van der Waals surface area contributed by atoms with E-state index in [0.29, 0.717) is 11.2 Å². The molecule has 1 unspecified atom stereocenters. The average Bonchev–Trinajstić information content (AvgIpc) is 2.81. The van der Waals surface area contributed by atoms with E-state index in [-0.39, 0.29) is 0 Å². The van der Waals surface area contributed by atoms with Crippen LogP contribution in [0.5, 0.6) is 0 Å². The third kappa shape index (κ3) is 1.81. The zero-order chi connectivity index (χ0) is 12.0. The molecule has 0 fully saturated rings. The molecule has 0 bridgehead atoms. The predicted molar refractivity (Wildman–Crippen MR) is 72.7 cm³/mol. The van der Waals surface area contributed by atoms with Crippen LogP contribution in [0.3, 0.4) is 0 Å². The van der Waals surface area contributed by atoms with Gasteiger partial charge in [-0.15, -0.1) is 0 Å². The molecule has 1 aliphatic rings. The number of rotatable bonds is 1. The predicted octanol–water partition coefficient (Wildman–Crippen LogP) is 3.85. The number of fused-ring (bicyclic) bond motifs is 1. The summed E-state index contributed by atoms with van der Waals surface area (Å²) in [5.74, 6) is 0. The molecule has 3 heterocycles. The molecule has 2 aromatic rings. The maximum absolute atomic E-state index is 5.89. The molecule has 1 atom stereocenters. The average molecular weight is 266 g/mol. The van der Waals surface area contributed by atoms with Crippen LogP contribution in [0.15, 0.2) is 23.9 Å². The molecule has 0 aliphatic carbocycles. The molecule has 0 saturated carbocycles. The Labute approximate surface area is 109 Å². The highest BCUT2D eigenvalue weighted by atomic mass is 35.5. The number of nitrogens with zero attached hydrogens (tertiary/aromatic N) is 3. The lowest BCUT2D eigenvalue weighted by Gasteiger charge is -2.22. The van der Waals surface area contributed by atoms with Crippen molar-refractivity contribution < 1.29 is 0 Å². The maximum Gasteiger partial charge on any atom is 0.192 e. The number of anilines is 1. The summed E-state index contributed by atoms with van der Waals surface area (Å²) in [6, 6.07) is 4.18. The van der Waals surface area contributed by atoms with Crippen LogP contribution in [-0.2, 0) is 0 Å². The second-order valence-corrected chi connectivity index (χ2v) is 5.60. The molecular formula is C12H12ClN3S. The Balaban J connectivity index is 2.09. The summed E-state index contributed by atoms with van der Waals surface area (Å²) in [5.41, 5.74) is 2.18. The van der Waals surface area contributed by atoms with E-state index in [1.165, 1.54) is 5.70 Å². The Morgan fingerprint density at radius 3 is 2.94 bits per heavy atom. The van der Waals surface area contributed by atoms with Crippen molar-refractivity contribution >= 4 is 38.4 Å². The van der Waals surface area contributed by atoms with Crippen molar-refractivity contribution in [3.05, 3.63) is 29.1 Å². The zero-order valence-corrected chi connectivity index (χ0v) is 11.2. The highest BCUT2D eigenvalue weighted by molar-refractivity contribution is 7.21. The maximum atomic E-state index is 5.89. The quantitative estimate of drug-likeness (QED) is 0.734. The van der Waals surface area contributed by atoms with Gasteiger partial charge in [0, 0.05) is 11.7 Å². The first-order valence-corrected chi connectivity index (χ1v) is 6.73. The summed E-state index contributed by atoms with van der Waals surface area (Å²) in [6.07, 6.45) is 3.33. The number of thiazole rings is 1. The van der Waals surface area contributed by atoms with Gasteiger partial charge in [0.2, 0.25) is 0 Å². The van der Waals surface area contributed by atoms with Gasteiger partial charge in [0.25, 0.3) is 0 Å². The van der Waals surface area contributed by atoms with E-state index in [2.05, 4.69) is 34.8 Å². The van der Waals surface area contributed by atoms with Crippen LogP contribution in [0.1, 0.15) is 20.3 Å². The second kappa shape index (κ2) is 3.96. The van der Waals surface area contributed by atoms with Crippen molar-refractivity contribution in [1.82, 2.24) is 9.97 Å². The molecule has 17 heavy (non-hydrogen) atoms. The van der Waals surface area contributed by atoms with Gasteiger partial charge in [0.15, 0.2) is 5.13 Å². The fraction of sp³-hybridized carbons (Fsp3) is 0.333. The van der Waals surface area contributed by atoms with E-state index in [4.69, 9.17) is 11.6 Å². The first kappa shape index (κ1) is 11.0. The van der Waals surface area contributed by atoms with E-state index in [0.717, 1.165) is 21.9 Å². The SMILES string of the molecule is CC1=CCC(C)N1c1nc2ccc(Cl)nc2s1. The molecule has 0 amide bonds. The fourth-order valence-corrected chi connectivity index (χ4v) is 3.42. The first-order valence-electron chi connectivity index (χ1n) is 5.54. The largest absolute Gasteiger partial charge is 0.319 e.